The zero-order valence-electron chi connectivity index (χ0n) is 10.8. The second kappa shape index (κ2) is 4.25. The fourth-order valence-electron chi connectivity index (χ4n) is 2.58. The van der Waals surface area contributed by atoms with Crippen LogP contribution in [0.5, 0.6) is 0 Å². The Morgan fingerprint density at radius 1 is 1.06 bits per heavy atom. The topological polar surface area (TPSA) is 26.0 Å². The van der Waals surface area contributed by atoms with Crippen LogP contribution in [0.25, 0.3) is 11.1 Å². The second-order valence-corrected chi connectivity index (χ2v) is 5.51. The lowest BCUT2D eigenvalue weighted by Gasteiger charge is -2.15. The summed E-state index contributed by atoms with van der Waals surface area (Å²) in [5, 5.41) is 0. The van der Waals surface area contributed by atoms with Crippen LogP contribution in [0.1, 0.15) is 30.9 Å². The number of rotatable bonds is 3. The zero-order chi connectivity index (χ0) is 12.6. The Hall–Kier alpha value is -1.60. The summed E-state index contributed by atoms with van der Waals surface area (Å²) in [5.41, 5.74) is 11.5. The lowest BCUT2D eigenvalue weighted by Crippen LogP contribution is -2.02. The van der Waals surface area contributed by atoms with E-state index >= 15 is 0 Å². The minimum Gasteiger partial charge on any atom is -0.326 e. The molecule has 0 radical (unpaired) electrons. The van der Waals surface area contributed by atoms with E-state index < -0.39 is 0 Å². The minimum absolute atomic E-state index is 0.398. The normalized spacial score (nSPS) is 16.6. The fraction of sp³-hybridized carbons (Fsp3) is 0.294. The molecule has 18 heavy (non-hydrogen) atoms. The lowest BCUT2D eigenvalue weighted by atomic mass is 9.89. The van der Waals surface area contributed by atoms with Crippen LogP contribution in [0.15, 0.2) is 48.5 Å². The summed E-state index contributed by atoms with van der Waals surface area (Å²) in [6, 6.07) is 17.4. The molecule has 0 atom stereocenters. The lowest BCUT2D eigenvalue weighted by molar-refractivity contribution is 0.790. The van der Waals surface area contributed by atoms with Gasteiger partial charge in [0.2, 0.25) is 0 Å². The van der Waals surface area contributed by atoms with E-state index in [0.29, 0.717) is 12.0 Å². The number of benzene rings is 2. The molecule has 1 heteroatoms. The SMILES string of the molecule is CC1(c2ccccc2-c2cccc(CN)c2)CC1. The van der Waals surface area contributed by atoms with Gasteiger partial charge in [-0.25, -0.2) is 0 Å². The standard InChI is InChI=1S/C17H19N/c1-17(9-10-17)16-8-3-2-7-15(16)14-6-4-5-13(11-14)12-18/h2-8,11H,9-10,12,18H2,1H3. The monoisotopic (exact) mass is 237 g/mol. The molecule has 0 bridgehead atoms. The maximum Gasteiger partial charge on any atom is 0.0178 e. The Labute approximate surface area is 109 Å². The molecule has 92 valence electrons. The summed E-state index contributed by atoms with van der Waals surface area (Å²) in [5.74, 6) is 0. The van der Waals surface area contributed by atoms with Crippen LogP contribution in [0.2, 0.25) is 0 Å². The van der Waals surface area contributed by atoms with Gasteiger partial charge in [0, 0.05) is 6.54 Å². The largest absolute Gasteiger partial charge is 0.326 e. The van der Waals surface area contributed by atoms with Gasteiger partial charge in [-0.15, -0.1) is 0 Å². The summed E-state index contributed by atoms with van der Waals surface area (Å²) in [6.45, 7) is 2.96. The molecule has 0 amide bonds. The van der Waals surface area contributed by atoms with Gasteiger partial charge in [0.25, 0.3) is 0 Å². The van der Waals surface area contributed by atoms with Gasteiger partial charge in [-0.05, 0) is 46.6 Å². The highest BCUT2D eigenvalue weighted by Crippen LogP contribution is 2.50. The first kappa shape index (κ1) is 11.5. The highest BCUT2D eigenvalue weighted by molar-refractivity contribution is 5.70. The molecule has 3 rings (SSSR count). The van der Waals surface area contributed by atoms with E-state index in [-0.39, 0.29) is 0 Å². The van der Waals surface area contributed by atoms with Crippen molar-refractivity contribution in [1.82, 2.24) is 0 Å². The molecule has 0 aliphatic heterocycles. The molecule has 0 aromatic heterocycles. The van der Waals surface area contributed by atoms with Crippen molar-refractivity contribution in [1.29, 1.82) is 0 Å². The van der Waals surface area contributed by atoms with Gasteiger partial charge in [-0.3, -0.25) is 0 Å². The smallest absolute Gasteiger partial charge is 0.0178 e. The van der Waals surface area contributed by atoms with Crippen LogP contribution in [0.4, 0.5) is 0 Å². The van der Waals surface area contributed by atoms with Crippen LogP contribution < -0.4 is 5.73 Å². The molecule has 1 aliphatic rings. The molecule has 0 spiro atoms. The first-order valence-corrected chi connectivity index (χ1v) is 6.62. The molecule has 1 saturated carbocycles. The van der Waals surface area contributed by atoms with Gasteiger partial charge in [-0.2, -0.15) is 0 Å². The van der Waals surface area contributed by atoms with E-state index in [2.05, 4.69) is 55.5 Å². The molecule has 1 fully saturated rings. The second-order valence-electron chi connectivity index (χ2n) is 5.51. The molecule has 2 aromatic carbocycles. The minimum atomic E-state index is 0.398. The average Bonchev–Trinajstić information content (AvgIpc) is 3.18. The van der Waals surface area contributed by atoms with Gasteiger partial charge >= 0.3 is 0 Å². The molecule has 1 nitrogen and oxygen atoms in total. The van der Waals surface area contributed by atoms with Crippen molar-refractivity contribution >= 4 is 0 Å². The third-order valence-corrected chi connectivity index (χ3v) is 4.05. The quantitative estimate of drug-likeness (QED) is 0.861. The van der Waals surface area contributed by atoms with Crippen molar-refractivity contribution < 1.29 is 0 Å². The van der Waals surface area contributed by atoms with Crippen molar-refractivity contribution in [3.05, 3.63) is 59.7 Å². The van der Waals surface area contributed by atoms with Crippen LogP contribution >= 0.6 is 0 Å². The van der Waals surface area contributed by atoms with Gasteiger partial charge in [0.05, 0.1) is 0 Å². The summed E-state index contributed by atoms with van der Waals surface area (Å²) in [7, 11) is 0. The number of hydrogen-bond acceptors (Lipinski definition) is 1. The van der Waals surface area contributed by atoms with E-state index in [4.69, 9.17) is 5.73 Å². The molecular weight excluding hydrogens is 218 g/mol. The third-order valence-electron chi connectivity index (χ3n) is 4.05. The summed E-state index contributed by atoms with van der Waals surface area (Å²) >= 11 is 0. The molecule has 0 heterocycles. The Morgan fingerprint density at radius 2 is 1.83 bits per heavy atom. The summed E-state index contributed by atoms with van der Waals surface area (Å²) in [4.78, 5) is 0. The van der Waals surface area contributed by atoms with Gasteiger partial charge in [0.15, 0.2) is 0 Å². The van der Waals surface area contributed by atoms with E-state index in [9.17, 15) is 0 Å². The van der Waals surface area contributed by atoms with Crippen LogP contribution in [-0.4, -0.2) is 0 Å². The fourth-order valence-corrected chi connectivity index (χ4v) is 2.58. The number of nitrogens with two attached hydrogens (primary N) is 1. The van der Waals surface area contributed by atoms with Gasteiger partial charge in [0.1, 0.15) is 0 Å². The maximum atomic E-state index is 5.73. The van der Waals surface area contributed by atoms with Crippen molar-refractivity contribution in [2.45, 2.75) is 31.7 Å². The predicted molar refractivity (Wildman–Crippen MR) is 76.4 cm³/mol. The van der Waals surface area contributed by atoms with E-state index in [1.54, 1.807) is 0 Å². The van der Waals surface area contributed by atoms with E-state index in [1.165, 1.54) is 35.1 Å². The first-order valence-electron chi connectivity index (χ1n) is 6.62. The van der Waals surface area contributed by atoms with Crippen LogP contribution in [0.3, 0.4) is 0 Å². The van der Waals surface area contributed by atoms with Crippen LogP contribution in [0, 0.1) is 0 Å². The zero-order valence-corrected chi connectivity index (χ0v) is 10.8. The van der Waals surface area contributed by atoms with Crippen molar-refractivity contribution in [2.75, 3.05) is 0 Å². The summed E-state index contributed by atoms with van der Waals surface area (Å²) in [6.07, 6.45) is 2.61. The Balaban J connectivity index is 2.11. The number of hydrogen-bond donors (Lipinski definition) is 1. The van der Waals surface area contributed by atoms with Crippen molar-refractivity contribution in [2.24, 2.45) is 5.73 Å². The van der Waals surface area contributed by atoms with Crippen molar-refractivity contribution in [3.63, 3.8) is 0 Å². The highest BCUT2D eigenvalue weighted by Gasteiger charge is 2.40. The Bertz CT molecular complexity index is 567. The predicted octanol–water partition coefficient (Wildman–Crippen LogP) is 3.86. The van der Waals surface area contributed by atoms with Crippen molar-refractivity contribution in [3.8, 4) is 11.1 Å². The maximum absolute atomic E-state index is 5.73. The van der Waals surface area contributed by atoms with Crippen LogP contribution in [-0.2, 0) is 12.0 Å². The highest BCUT2D eigenvalue weighted by atomic mass is 14.5. The summed E-state index contributed by atoms with van der Waals surface area (Å²) < 4.78 is 0. The van der Waals surface area contributed by atoms with Gasteiger partial charge in [-0.1, -0.05) is 49.4 Å². The molecule has 2 N–H and O–H groups in total. The molecule has 0 unspecified atom stereocenters. The van der Waals surface area contributed by atoms with Gasteiger partial charge < -0.3 is 5.73 Å². The Morgan fingerprint density at radius 3 is 2.56 bits per heavy atom. The molecule has 2 aromatic rings. The molecule has 0 saturated heterocycles. The average molecular weight is 237 g/mol. The third kappa shape index (κ3) is 1.95. The van der Waals surface area contributed by atoms with E-state index in [1.807, 2.05) is 0 Å². The Kier molecular flexibility index (Phi) is 2.71. The first-order chi connectivity index (χ1) is 8.73. The van der Waals surface area contributed by atoms with E-state index in [0.717, 1.165) is 0 Å². The molecular formula is C17H19N. The molecule has 1 aliphatic carbocycles.